The molecular weight excluding hydrogens is 432 g/mol. The molecule has 31 heavy (non-hydrogen) atoms. The number of hydrogen-bond acceptors (Lipinski definition) is 6. The minimum Gasteiger partial charge on any atom is -0.485 e. The van der Waals surface area contributed by atoms with Gasteiger partial charge in [0.1, 0.15) is 6.61 Å². The van der Waals surface area contributed by atoms with Crippen molar-refractivity contribution in [2.45, 2.75) is 18.5 Å². The number of rotatable bonds is 7. The molecule has 4 rings (SSSR count). The van der Waals surface area contributed by atoms with Gasteiger partial charge in [0.2, 0.25) is 0 Å². The minimum absolute atomic E-state index is 0.384. The van der Waals surface area contributed by atoms with E-state index in [1.165, 1.54) is 11.8 Å². The van der Waals surface area contributed by atoms with Crippen LogP contribution in [-0.2, 0) is 16.4 Å². The van der Waals surface area contributed by atoms with Crippen molar-refractivity contribution in [1.82, 2.24) is 10.3 Å². The monoisotopic (exact) mass is 452 g/mol. The Hall–Kier alpha value is -3.16. The highest BCUT2D eigenvalue weighted by atomic mass is 35.5. The molecule has 1 aliphatic heterocycles. The number of carbonyl (C=O) groups is 1. The van der Waals surface area contributed by atoms with Crippen molar-refractivity contribution in [3.63, 3.8) is 0 Å². The number of thioether (sulfide) groups is 1. The van der Waals surface area contributed by atoms with E-state index in [4.69, 9.17) is 22.1 Å². The normalized spacial score (nSPS) is 17.5. The smallest absolute Gasteiger partial charge is 0.256 e. The second-order valence-corrected chi connectivity index (χ2v) is 8.65. The van der Waals surface area contributed by atoms with Gasteiger partial charge in [-0.2, -0.15) is 0 Å². The highest BCUT2D eigenvalue weighted by molar-refractivity contribution is 8.05. The van der Waals surface area contributed by atoms with Crippen LogP contribution in [0.4, 0.5) is 5.82 Å². The van der Waals surface area contributed by atoms with Gasteiger partial charge in [-0.05, 0) is 36.2 Å². The second-order valence-electron chi connectivity index (χ2n) is 6.98. The van der Waals surface area contributed by atoms with Crippen LogP contribution in [0.5, 0.6) is 5.75 Å². The standard InChI is InChI=1S/C23H21ClN4O2S/c1-15-7-5-10-17(24)20(15)23(27-13-19(31-23)21(25)29)28-22-18(11-6-12-26-22)30-14-16-8-3-2-4-9-16/h2-13,27H,14H2,1H3,(H2,25,29)(H,26,28). The number of aromatic nitrogens is 1. The lowest BCUT2D eigenvalue weighted by Crippen LogP contribution is -2.42. The number of primary amides is 1. The van der Waals surface area contributed by atoms with Gasteiger partial charge in [-0.1, -0.05) is 65.8 Å². The lowest BCUT2D eigenvalue weighted by Gasteiger charge is -2.34. The molecule has 0 saturated carbocycles. The van der Waals surface area contributed by atoms with E-state index in [-0.39, 0.29) is 0 Å². The lowest BCUT2D eigenvalue weighted by molar-refractivity contribution is -0.113. The molecular formula is C23H21ClN4O2S. The third kappa shape index (κ3) is 4.47. The van der Waals surface area contributed by atoms with E-state index >= 15 is 0 Å². The zero-order chi connectivity index (χ0) is 21.8. The summed E-state index contributed by atoms with van der Waals surface area (Å²) in [7, 11) is 0. The highest BCUT2D eigenvalue weighted by Gasteiger charge is 2.42. The number of ether oxygens (including phenoxy) is 1. The van der Waals surface area contributed by atoms with E-state index in [2.05, 4.69) is 15.6 Å². The maximum atomic E-state index is 11.9. The van der Waals surface area contributed by atoms with Gasteiger partial charge >= 0.3 is 0 Å². The first-order valence-electron chi connectivity index (χ1n) is 9.61. The fraction of sp³-hybridized carbons (Fsp3) is 0.130. The molecule has 0 fully saturated rings. The second kappa shape index (κ2) is 8.91. The van der Waals surface area contributed by atoms with Crippen molar-refractivity contribution < 1.29 is 9.53 Å². The van der Waals surface area contributed by atoms with E-state index in [0.29, 0.717) is 28.1 Å². The topological polar surface area (TPSA) is 89.3 Å². The Morgan fingerprint density at radius 3 is 2.71 bits per heavy atom. The number of halogens is 1. The van der Waals surface area contributed by atoms with Crippen LogP contribution in [0.15, 0.2) is 78.0 Å². The summed E-state index contributed by atoms with van der Waals surface area (Å²) in [6, 6.07) is 19.2. The van der Waals surface area contributed by atoms with Crippen LogP contribution in [0.2, 0.25) is 5.02 Å². The molecule has 2 aromatic carbocycles. The number of hydrogen-bond donors (Lipinski definition) is 3. The SMILES string of the molecule is Cc1cccc(Cl)c1C1(Nc2ncccc2OCc2ccccc2)NC=C(C(N)=O)S1. The van der Waals surface area contributed by atoms with Crippen LogP contribution in [0.3, 0.4) is 0 Å². The Morgan fingerprint density at radius 1 is 1.19 bits per heavy atom. The molecule has 0 bridgehead atoms. The van der Waals surface area contributed by atoms with Crippen LogP contribution in [-0.4, -0.2) is 10.9 Å². The van der Waals surface area contributed by atoms with Gasteiger partial charge in [-0.25, -0.2) is 4.98 Å². The molecule has 158 valence electrons. The average molecular weight is 453 g/mol. The third-order valence-electron chi connectivity index (χ3n) is 4.79. The summed E-state index contributed by atoms with van der Waals surface area (Å²) in [5.41, 5.74) is 8.31. The molecule has 1 unspecified atom stereocenters. The first-order valence-corrected chi connectivity index (χ1v) is 10.8. The first-order chi connectivity index (χ1) is 15.0. The number of carbonyl (C=O) groups excluding carboxylic acids is 1. The maximum absolute atomic E-state index is 11.9. The molecule has 3 aromatic rings. The van der Waals surface area contributed by atoms with E-state index in [1.807, 2.05) is 61.5 Å². The molecule has 6 nitrogen and oxygen atoms in total. The number of pyridine rings is 1. The zero-order valence-corrected chi connectivity index (χ0v) is 18.3. The summed E-state index contributed by atoms with van der Waals surface area (Å²) in [4.78, 5) is 15.7. The van der Waals surface area contributed by atoms with Gasteiger partial charge in [-0.15, -0.1) is 0 Å². The Bertz CT molecular complexity index is 1120. The molecule has 0 spiro atoms. The highest BCUT2D eigenvalue weighted by Crippen LogP contribution is 2.47. The van der Waals surface area contributed by atoms with E-state index in [1.54, 1.807) is 18.5 Å². The molecule has 2 heterocycles. The minimum atomic E-state index is -0.980. The fourth-order valence-corrected chi connectivity index (χ4v) is 4.95. The Morgan fingerprint density at radius 2 is 2.00 bits per heavy atom. The first kappa shape index (κ1) is 21.1. The van der Waals surface area contributed by atoms with Crippen LogP contribution in [0.25, 0.3) is 0 Å². The molecule has 8 heteroatoms. The Labute approximate surface area is 189 Å². The van der Waals surface area contributed by atoms with Crippen molar-refractivity contribution in [2.75, 3.05) is 5.32 Å². The quantitative estimate of drug-likeness (QED) is 0.488. The summed E-state index contributed by atoms with van der Waals surface area (Å²) in [6.07, 6.45) is 3.27. The molecule has 0 aliphatic carbocycles. The predicted octanol–water partition coefficient (Wildman–Crippen LogP) is 4.51. The molecule has 1 atom stereocenters. The summed E-state index contributed by atoms with van der Waals surface area (Å²) in [6.45, 7) is 2.35. The van der Waals surface area contributed by atoms with Crippen molar-refractivity contribution in [3.05, 3.63) is 99.7 Å². The Balaban J connectivity index is 1.68. The number of amides is 1. The number of nitrogens with zero attached hydrogens (tertiary/aromatic N) is 1. The number of benzene rings is 2. The lowest BCUT2D eigenvalue weighted by atomic mass is 10.1. The molecule has 1 aliphatic rings. The number of nitrogens with one attached hydrogen (secondary N) is 2. The van der Waals surface area contributed by atoms with Gasteiger partial charge in [0.25, 0.3) is 5.91 Å². The number of aryl methyl sites for hydroxylation is 1. The molecule has 0 radical (unpaired) electrons. The summed E-state index contributed by atoms with van der Waals surface area (Å²) < 4.78 is 6.05. The maximum Gasteiger partial charge on any atom is 0.256 e. The van der Waals surface area contributed by atoms with E-state index in [0.717, 1.165) is 16.7 Å². The molecule has 1 amide bonds. The molecule has 0 saturated heterocycles. The van der Waals surface area contributed by atoms with Gasteiger partial charge in [0, 0.05) is 23.0 Å². The van der Waals surface area contributed by atoms with Crippen LogP contribution >= 0.6 is 23.4 Å². The zero-order valence-electron chi connectivity index (χ0n) is 16.8. The third-order valence-corrected chi connectivity index (χ3v) is 6.37. The summed E-state index contributed by atoms with van der Waals surface area (Å²) in [5.74, 6) is 0.565. The van der Waals surface area contributed by atoms with Gasteiger partial charge in [0.05, 0.1) is 4.91 Å². The number of nitrogens with two attached hydrogens (primary N) is 1. The summed E-state index contributed by atoms with van der Waals surface area (Å²) >= 11 is 7.84. The van der Waals surface area contributed by atoms with Gasteiger partial charge in [-0.3, -0.25) is 4.79 Å². The van der Waals surface area contributed by atoms with Crippen molar-refractivity contribution >= 4 is 35.1 Å². The molecule has 4 N–H and O–H groups in total. The summed E-state index contributed by atoms with van der Waals surface area (Å²) in [5, 5.41) is 7.22. The predicted molar refractivity (Wildman–Crippen MR) is 125 cm³/mol. The van der Waals surface area contributed by atoms with Crippen molar-refractivity contribution in [3.8, 4) is 5.75 Å². The van der Waals surface area contributed by atoms with Crippen molar-refractivity contribution in [1.29, 1.82) is 0 Å². The average Bonchev–Trinajstić information content (AvgIpc) is 3.19. The van der Waals surface area contributed by atoms with E-state index in [9.17, 15) is 4.79 Å². The van der Waals surface area contributed by atoms with Gasteiger partial charge in [0.15, 0.2) is 16.6 Å². The van der Waals surface area contributed by atoms with Crippen LogP contribution in [0, 0.1) is 6.92 Å². The van der Waals surface area contributed by atoms with E-state index < -0.39 is 10.9 Å². The van der Waals surface area contributed by atoms with Crippen LogP contribution < -0.4 is 21.1 Å². The Kier molecular flexibility index (Phi) is 6.06. The van der Waals surface area contributed by atoms with Crippen LogP contribution in [0.1, 0.15) is 16.7 Å². The molecule has 1 aromatic heterocycles. The van der Waals surface area contributed by atoms with Gasteiger partial charge < -0.3 is 21.1 Å². The fourth-order valence-electron chi connectivity index (χ4n) is 3.34. The van der Waals surface area contributed by atoms with Crippen molar-refractivity contribution in [2.24, 2.45) is 5.73 Å². The largest absolute Gasteiger partial charge is 0.485 e. The number of anilines is 1.